The Kier molecular flexibility index (Phi) is 5.17. The van der Waals surface area contributed by atoms with Crippen LogP contribution in [-0.4, -0.2) is 29.6 Å². The number of rotatable bonds is 3. The van der Waals surface area contributed by atoms with Crippen molar-refractivity contribution in [2.24, 2.45) is 0 Å². The summed E-state index contributed by atoms with van der Waals surface area (Å²) < 4.78 is 0. The molecule has 2 aromatic heterocycles. The van der Waals surface area contributed by atoms with Gasteiger partial charge in [-0.25, -0.2) is 0 Å². The van der Waals surface area contributed by atoms with Gasteiger partial charge < -0.3 is 4.90 Å². The molecule has 1 fully saturated rings. The number of thioether (sulfide) groups is 1. The van der Waals surface area contributed by atoms with Gasteiger partial charge in [0.2, 0.25) is 5.91 Å². The highest BCUT2D eigenvalue weighted by Gasteiger charge is 2.21. The summed E-state index contributed by atoms with van der Waals surface area (Å²) in [5.74, 6) is 1.15. The highest BCUT2D eigenvalue weighted by atomic mass is 32.2. The second-order valence-corrected chi connectivity index (χ2v) is 8.11. The third-order valence-corrected chi connectivity index (χ3v) is 6.73. The van der Waals surface area contributed by atoms with Crippen LogP contribution >= 0.6 is 34.4 Å². The number of carbonyl (C=O) groups is 1. The molecule has 3 heterocycles. The SMILES string of the molecule is O=C(/C=C/c1cccs1)N1CCS[C@H](c2cccs2)CC1. The first kappa shape index (κ1) is 14.9. The van der Waals surface area contributed by atoms with E-state index in [2.05, 4.69) is 17.5 Å². The van der Waals surface area contributed by atoms with Crippen molar-refractivity contribution in [3.8, 4) is 0 Å². The molecule has 110 valence electrons. The van der Waals surface area contributed by atoms with Crippen molar-refractivity contribution in [2.45, 2.75) is 11.7 Å². The average Bonchev–Trinajstić information content (AvgIpc) is 3.15. The Morgan fingerprint density at radius 2 is 2.05 bits per heavy atom. The summed E-state index contributed by atoms with van der Waals surface area (Å²) in [5.41, 5.74) is 0. The lowest BCUT2D eigenvalue weighted by Crippen LogP contribution is -2.31. The van der Waals surface area contributed by atoms with Crippen LogP contribution in [0.4, 0.5) is 0 Å². The summed E-state index contributed by atoms with van der Waals surface area (Å²) in [7, 11) is 0. The Bertz CT molecular complexity index is 589. The summed E-state index contributed by atoms with van der Waals surface area (Å²) in [6.07, 6.45) is 4.67. The van der Waals surface area contributed by atoms with Gasteiger partial charge in [-0.2, -0.15) is 11.8 Å². The quantitative estimate of drug-likeness (QED) is 0.768. The minimum absolute atomic E-state index is 0.135. The van der Waals surface area contributed by atoms with Gasteiger partial charge >= 0.3 is 0 Å². The number of hydrogen-bond acceptors (Lipinski definition) is 4. The summed E-state index contributed by atoms with van der Waals surface area (Å²) in [6.45, 7) is 1.70. The van der Waals surface area contributed by atoms with Crippen LogP contribution in [0.2, 0.25) is 0 Å². The molecule has 0 bridgehead atoms. The number of nitrogens with zero attached hydrogens (tertiary/aromatic N) is 1. The maximum Gasteiger partial charge on any atom is 0.246 e. The zero-order valence-corrected chi connectivity index (χ0v) is 14.1. The van der Waals surface area contributed by atoms with Crippen molar-refractivity contribution in [3.63, 3.8) is 0 Å². The van der Waals surface area contributed by atoms with Crippen LogP contribution in [0.1, 0.15) is 21.4 Å². The Balaban J connectivity index is 1.58. The number of amides is 1. The number of thiophene rings is 2. The molecule has 2 aromatic rings. The van der Waals surface area contributed by atoms with E-state index in [0.717, 1.165) is 30.1 Å². The fraction of sp³-hybridized carbons (Fsp3) is 0.312. The Morgan fingerprint density at radius 3 is 2.81 bits per heavy atom. The molecule has 1 aliphatic heterocycles. The molecule has 0 N–H and O–H groups in total. The standard InChI is InChI=1S/C16H17NOS3/c18-16(6-5-13-3-1-10-19-13)17-8-7-15(21-12-9-17)14-4-2-11-20-14/h1-6,10-11,15H,7-9,12H2/b6-5+/t15-/m0/s1. The largest absolute Gasteiger partial charge is 0.338 e. The smallest absolute Gasteiger partial charge is 0.246 e. The first-order valence-corrected chi connectivity index (χ1v) is 9.79. The van der Waals surface area contributed by atoms with E-state index < -0.39 is 0 Å². The van der Waals surface area contributed by atoms with E-state index in [-0.39, 0.29) is 5.91 Å². The molecule has 1 amide bonds. The van der Waals surface area contributed by atoms with E-state index in [1.807, 2.05) is 51.6 Å². The van der Waals surface area contributed by atoms with Crippen LogP contribution in [0.5, 0.6) is 0 Å². The van der Waals surface area contributed by atoms with E-state index in [9.17, 15) is 4.79 Å². The van der Waals surface area contributed by atoms with E-state index in [0.29, 0.717) is 5.25 Å². The molecule has 1 atom stereocenters. The monoisotopic (exact) mass is 335 g/mol. The van der Waals surface area contributed by atoms with E-state index in [1.165, 1.54) is 4.88 Å². The molecule has 5 heteroatoms. The molecule has 0 saturated carbocycles. The third kappa shape index (κ3) is 3.99. The fourth-order valence-electron chi connectivity index (χ4n) is 2.34. The highest BCUT2D eigenvalue weighted by molar-refractivity contribution is 7.99. The maximum atomic E-state index is 12.3. The lowest BCUT2D eigenvalue weighted by Gasteiger charge is -2.18. The van der Waals surface area contributed by atoms with Gasteiger partial charge in [0.1, 0.15) is 0 Å². The summed E-state index contributed by atoms with van der Waals surface area (Å²) in [5, 5.41) is 4.70. The number of carbonyl (C=O) groups excluding carboxylic acids is 1. The lowest BCUT2D eigenvalue weighted by molar-refractivity contribution is -0.125. The van der Waals surface area contributed by atoms with Crippen LogP contribution in [0, 0.1) is 0 Å². The van der Waals surface area contributed by atoms with Crippen LogP contribution < -0.4 is 0 Å². The molecular weight excluding hydrogens is 318 g/mol. The Labute approximate surface area is 137 Å². The van der Waals surface area contributed by atoms with Gasteiger partial charge in [-0.15, -0.1) is 22.7 Å². The third-order valence-electron chi connectivity index (χ3n) is 3.45. The second kappa shape index (κ2) is 7.29. The summed E-state index contributed by atoms with van der Waals surface area (Å²) >= 11 is 5.45. The normalized spacial score (nSPS) is 19.8. The zero-order chi connectivity index (χ0) is 14.5. The van der Waals surface area contributed by atoms with Crippen LogP contribution in [0.25, 0.3) is 6.08 Å². The van der Waals surface area contributed by atoms with Gasteiger partial charge in [-0.1, -0.05) is 12.1 Å². The van der Waals surface area contributed by atoms with E-state index >= 15 is 0 Å². The first-order valence-electron chi connectivity index (χ1n) is 6.98. The minimum atomic E-state index is 0.135. The molecule has 21 heavy (non-hydrogen) atoms. The molecule has 2 nitrogen and oxygen atoms in total. The van der Waals surface area contributed by atoms with Crippen molar-refractivity contribution in [2.75, 3.05) is 18.8 Å². The number of hydrogen-bond donors (Lipinski definition) is 0. The minimum Gasteiger partial charge on any atom is -0.338 e. The van der Waals surface area contributed by atoms with Gasteiger partial charge in [0.15, 0.2) is 0 Å². The molecule has 0 radical (unpaired) electrons. The maximum absolute atomic E-state index is 12.3. The predicted molar refractivity (Wildman–Crippen MR) is 94.1 cm³/mol. The molecule has 0 unspecified atom stereocenters. The van der Waals surface area contributed by atoms with Gasteiger partial charge in [0.25, 0.3) is 0 Å². The van der Waals surface area contributed by atoms with Crippen molar-refractivity contribution < 1.29 is 4.79 Å². The predicted octanol–water partition coefficient (Wildman–Crippen LogP) is 4.53. The zero-order valence-electron chi connectivity index (χ0n) is 11.6. The summed E-state index contributed by atoms with van der Waals surface area (Å²) in [6, 6.07) is 8.34. The molecule has 1 saturated heterocycles. The molecule has 3 rings (SSSR count). The van der Waals surface area contributed by atoms with Crippen LogP contribution in [-0.2, 0) is 4.79 Å². The molecule has 0 aromatic carbocycles. The van der Waals surface area contributed by atoms with Crippen molar-refractivity contribution >= 4 is 46.4 Å². The van der Waals surface area contributed by atoms with Gasteiger partial charge in [-0.3, -0.25) is 4.79 Å². The fourth-order valence-corrected chi connectivity index (χ4v) is 5.19. The van der Waals surface area contributed by atoms with Gasteiger partial charge in [0.05, 0.1) is 0 Å². The highest BCUT2D eigenvalue weighted by Crippen LogP contribution is 2.36. The molecule has 1 aliphatic rings. The molecule has 0 spiro atoms. The summed E-state index contributed by atoms with van der Waals surface area (Å²) in [4.78, 5) is 16.8. The van der Waals surface area contributed by atoms with Crippen LogP contribution in [0.3, 0.4) is 0 Å². The van der Waals surface area contributed by atoms with Crippen molar-refractivity contribution in [3.05, 3.63) is 50.9 Å². The first-order chi connectivity index (χ1) is 10.3. The van der Waals surface area contributed by atoms with E-state index in [4.69, 9.17) is 0 Å². The van der Waals surface area contributed by atoms with Crippen molar-refractivity contribution in [1.29, 1.82) is 0 Å². The second-order valence-electron chi connectivity index (χ2n) is 4.84. The lowest BCUT2D eigenvalue weighted by atomic mass is 10.2. The Morgan fingerprint density at radius 1 is 1.19 bits per heavy atom. The Hall–Kier alpha value is -1.04. The van der Waals surface area contributed by atoms with Gasteiger partial charge in [-0.05, 0) is 35.4 Å². The van der Waals surface area contributed by atoms with Crippen molar-refractivity contribution in [1.82, 2.24) is 4.90 Å². The average molecular weight is 336 g/mol. The van der Waals surface area contributed by atoms with Crippen LogP contribution in [0.15, 0.2) is 41.1 Å². The topological polar surface area (TPSA) is 20.3 Å². The van der Waals surface area contributed by atoms with Gasteiger partial charge in [0, 0.05) is 39.9 Å². The molecule has 0 aliphatic carbocycles. The van der Waals surface area contributed by atoms with E-state index in [1.54, 1.807) is 17.4 Å². The molecular formula is C16H17NOS3.